The Bertz CT molecular complexity index is 772. The van der Waals surface area contributed by atoms with Crippen molar-refractivity contribution in [1.82, 2.24) is 5.32 Å². The van der Waals surface area contributed by atoms with Crippen LogP contribution in [0.1, 0.15) is 16.7 Å². The normalized spacial score (nSPS) is 10.6. The summed E-state index contributed by atoms with van der Waals surface area (Å²) < 4.78 is 5.82. The minimum atomic E-state index is 0.689. The van der Waals surface area contributed by atoms with Gasteiger partial charge >= 0.3 is 0 Å². The van der Waals surface area contributed by atoms with E-state index in [1.807, 2.05) is 42.5 Å². The van der Waals surface area contributed by atoms with Gasteiger partial charge in [-0.3, -0.25) is 0 Å². The maximum atomic E-state index is 6.16. The molecule has 0 aromatic heterocycles. The van der Waals surface area contributed by atoms with E-state index >= 15 is 0 Å². The fourth-order valence-electron chi connectivity index (χ4n) is 2.62. The number of rotatable bonds is 8. The zero-order valence-corrected chi connectivity index (χ0v) is 14.9. The Morgan fingerprint density at radius 2 is 1.44 bits per heavy atom. The molecular weight excluding hydrogens is 330 g/mol. The molecule has 0 amide bonds. The topological polar surface area (TPSA) is 21.3 Å². The minimum absolute atomic E-state index is 0.689. The van der Waals surface area contributed by atoms with Gasteiger partial charge in [0.2, 0.25) is 0 Å². The number of hydrogen-bond acceptors (Lipinski definition) is 2. The molecule has 0 radical (unpaired) electrons. The minimum Gasteiger partial charge on any atom is -0.493 e. The van der Waals surface area contributed by atoms with Crippen LogP contribution < -0.4 is 10.1 Å². The smallest absolute Gasteiger partial charge is 0.119 e. The Kier molecular flexibility index (Phi) is 6.49. The molecule has 3 heteroatoms. The van der Waals surface area contributed by atoms with Crippen LogP contribution in [0, 0.1) is 0 Å². The molecule has 0 heterocycles. The van der Waals surface area contributed by atoms with Gasteiger partial charge in [-0.25, -0.2) is 0 Å². The van der Waals surface area contributed by atoms with Crippen LogP contribution in [0.5, 0.6) is 5.75 Å². The van der Waals surface area contributed by atoms with Crippen LogP contribution in [0.4, 0.5) is 0 Å². The van der Waals surface area contributed by atoms with Crippen LogP contribution in [0.2, 0.25) is 5.02 Å². The number of benzene rings is 3. The van der Waals surface area contributed by atoms with E-state index in [4.69, 9.17) is 16.3 Å². The summed E-state index contributed by atoms with van der Waals surface area (Å²) in [6.07, 6.45) is 0.919. The van der Waals surface area contributed by atoms with Crippen molar-refractivity contribution in [2.45, 2.75) is 19.5 Å². The largest absolute Gasteiger partial charge is 0.493 e. The first-order chi connectivity index (χ1) is 12.3. The lowest BCUT2D eigenvalue weighted by molar-refractivity contribution is 0.322. The SMILES string of the molecule is Clc1ccccc1CNCc1ccc(OCCc2ccccc2)cc1. The van der Waals surface area contributed by atoms with E-state index in [2.05, 4.69) is 41.7 Å². The van der Waals surface area contributed by atoms with Gasteiger partial charge in [0.15, 0.2) is 0 Å². The molecule has 0 aliphatic heterocycles. The molecular formula is C22H22ClNO. The molecule has 0 saturated heterocycles. The lowest BCUT2D eigenvalue weighted by Crippen LogP contribution is -2.12. The number of ether oxygens (including phenoxy) is 1. The fraction of sp³-hybridized carbons (Fsp3) is 0.182. The molecule has 0 atom stereocenters. The van der Waals surface area contributed by atoms with Crippen LogP contribution in [0.3, 0.4) is 0 Å². The van der Waals surface area contributed by atoms with E-state index in [9.17, 15) is 0 Å². The van der Waals surface area contributed by atoms with Gasteiger partial charge < -0.3 is 10.1 Å². The average Bonchev–Trinajstić information content (AvgIpc) is 2.65. The Balaban J connectivity index is 1.42. The molecule has 3 rings (SSSR count). The molecule has 128 valence electrons. The predicted molar refractivity (Wildman–Crippen MR) is 104 cm³/mol. The van der Waals surface area contributed by atoms with Gasteiger partial charge in [-0.05, 0) is 34.9 Å². The van der Waals surface area contributed by atoms with Crippen LogP contribution in [0.25, 0.3) is 0 Å². The third-order valence-corrected chi connectivity index (χ3v) is 4.40. The van der Waals surface area contributed by atoms with Crippen LogP contribution in [0.15, 0.2) is 78.9 Å². The summed E-state index contributed by atoms with van der Waals surface area (Å²) in [6, 6.07) is 26.5. The molecule has 1 N–H and O–H groups in total. The van der Waals surface area contributed by atoms with Crippen molar-refractivity contribution in [1.29, 1.82) is 0 Å². The van der Waals surface area contributed by atoms with Gasteiger partial charge in [-0.2, -0.15) is 0 Å². The van der Waals surface area contributed by atoms with Gasteiger partial charge in [0.1, 0.15) is 5.75 Å². The van der Waals surface area contributed by atoms with Crippen molar-refractivity contribution in [3.05, 3.63) is 101 Å². The maximum absolute atomic E-state index is 6.16. The molecule has 2 nitrogen and oxygen atoms in total. The van der Waals surface area contributed by atoms with E-state index in [-0.39, 0.29) is 0 Å². The third kappa shape index (κ3) is 5.63. The molecule has 0 aliphatic rings. The van der Waals surface area contributed by atoms with E-state index < -0.39 is 0 Å². The first-order valence-corrected chi connectivity index (χ1v) is 8.89. The summed E-state index contributed by atoms with van der Waals surface area (Å²) in [5, 5.41) is 4.22. The zero-order valence-electron chi connectivity index (χ0n) is 14.1. The first kappa shape index (κ1) is 17.5. The Hall–Kier alpha value is -2.29. The van der Waals surface area contributed by atoms with Crippen molar-refractivity contribution in [2.75, 3.05) is 6.61 Å². The molecule has 0 aliphatic carbocycles. The molecule has 0 fully saturated rings. The van der Waals surface area contributed by atoms with Crippen LogP contribution >= 0.6 is 11.6 Å². The standard InChI is InChI=1S/C22H22ClNO/c23-22-9-5-4-8-20(22)17-24-16-19-10-12-21(13-11-19)25-15-14-18-6-2-1-3-7-18/h1-13,24H,14-17H2. The Morgan fingerprint density at radius 1 is 0.720 bits per heavy atom. The number of nitrogens with one attached hydrogen (secondary N) is 1. The second-order valence-corrected chi connectivity index (χ2v) is 6.33. The zero-order chi connectivity index (χ0) is 17.3. The molecule has 3 aromatic rings. The maximum Gasteiger partial charge on any atom is 0.119 e. The second kappa shape index (κ2) is 9.26. The average molecular weight is 352 g/mol. The van der Waals surface area contributed by atoms with Crippen molar-refractivity contribution < 1.29 is 4.74 Å². The molecule has 3 aromatic carbocycles. The second-order valence-electron chi connectivity index (χ2n) is 5.92. The summed E-state index contributed by atoms with van der Waals surface area (Å²) in [4.78, 5) is 0. The lowest BCUT2D eigenvalue weighted by Gasteiger charge is -2.09. The van der Waals surface area contributed by atoms with Crippen molar-refractivity contribution >= 4 is 11.6 Å². The van der Waals surface area contributed by atoms with Crippen molar-refractivity contribution in [3.63, 3.8) is 0 Å². The lowest BCUT2D eigenvalue weighted by atomic mass is 10.2. The Morgan fingerprint density at radius 3 is 2.20 bits per heavy atom. The van der Waals surface area contributed by atoms with Crippen molar-refractivity contribution in [3.8, 4) is 5.75 Å². The quantitative estimate of drug-likeness (QED) is 0.598. The third-order valence-electron chi connectivity index (χ3n) is 4.03. The predicted octanol–water partition coefficient (Wildman–Crippen LogP) is 5.25. The molecule has 0 saturated carbocycles. The van der Waals surface area contributed by atoms with Crippen LogP contribution in [-0.4, -0.2) is 6.61 Å². The summed E-state index contributed by atoms with van der Waals surface area (Å²) in [7, 11) is 0. The van der Waals surface area contributed by atoms with E-state index in [1.165, 1.54) is 11.1 Å². The summed E-state index contributed by atoms with van der Waals surface area (Å²) in [6.45, 7) is 2.25. The Labute approximate surface area is 154 Å². The van der Waals surface area contributed by atoms with Gasteiger partial charge in [-0.1, -0.05) is 72.3 Å². The summed E-state index contributed by atoms with van der Waals surface area (Å²) >= 11 is 6.16. The van der Waals surface area contributed by atoms with Gasteiger partial charge in [-0.15, -0.1) is 0 Å². The van der Waals surface area contributed by atoms with E-state index in [1.54, 1.807) is 0 Å². The molecule has 0 unspecified atom stereocenters. The molecule has 25 heavy (non-hydrogen) atoms. The monoisotopic (exact) mass is 351 g/mol. The number of hydrogen-bond donors (Lipinski definition) is 1. The van der Waals surface area contributed by atoms with E-state index in [0.717, 1.165) is 35.8 Å². The van der Waals surface area contributed by atoms with Gasteiger partial charge in [0, 0.05) is 24.5 Å². The highest BCUT2D eigenvalue weighted by atomic mass is 35.5. The summed E-state index contributed by atoms with van der Waals surface area (Å²) in [5.74, 6) is 0.908. The highest BCUT2D eigenvalue weighted by molar-refractivity contribution is 6.31. The number of halogens is 1. The molecule has 0 spiro atoms. The van der Waals surface area contributed by atoms with Gasteiger partial charge in [0.25, 0.3) is 0 Å². The van der Waals surface area contributed by atoms with Crippen LogP contribution in [-0.2, 0) is 19.5 Å². The first-order valence-electron chi connectivity index (χ1n) is 8.51. The summed E-state index contributed by atoms with van der Waals surface area (Å²) in [5.41, 5.74) is 3.63. The highest BCUT2D eigenvalue weighted by Crippen LogP contribution is 2.15. The van der Waals surface area contributed by atoms with Gasteiger partial charge in [0.05, 0.1) is 6.61 Å². The molecule has 0 bridgehead atoms. The van der Waals surface area contributed by atoms with E-state index in [0.29, 0.717) is 6.61 Å². The van der Waals surface area contributed by atoms with Crippen molar-refractivity contribution in [2.24, 2.45) is 0 Å². The fourth-order valence-corrected chi connectivity index (χ4v) is 2.82. The highest BCUT2D eigenvalue weighted by Gasteiger charge is 2.00.